The van der Waals surface area contributed by atoms with E-state index in [1.54, 1.807) is 0 Å². The Labute approximate surface area is 139 Å². The number of nitrogens with one attached hydrogen (secondary N) is 2. The predicted octanol–water partition coefficient (Wildman–Crippen LogP) is 2.36. The SMILES string of the molecule is CC(C)CC(CO)NC(=O)NC1CCN(c2ccccc2)CC1. The smallest absolute Gasteiger partial charge is 0.315 e. The van der Waals surface area contributed by atoms with Gasteiger partial charge < -0.3 is 20.6 Å². The van der Waals surface area contributed by atoms with Crippen LogP contribution >= 0.6 is 0 Å². The van der Waals surface area contributed by atoms with E-state index in [4.69, 9.17) is 0 Å². The van der Waals surface area contributed by atoms with Crippen molar-refractivity contribution in [1.29, 1.82) is 0 Å². The number of carbonyl (C=O) groups is 1. The number of amides is 2. The Morgan fingerprint density at radius 1 is 1.26 bits per heavy atom. The van der Waals surface area contributed by atoms with Gasteiger partial charge in [-0.3, -0.25) is 0 Å². The van der Waals surface area contributed by atoms with Crippen LogP contribution < -0.4 is 15.5 Å². The van der Waals surface area contributed by atoms with Gasteiger partial charge in [-0.15, -0.1) is 0 Å². The molecule has 1 saturated heterocycles. The average Bonchev–Trinajstić information content (AvgIpc) is 2.55. The predicted molar refractivity (Wildman–Crippen MR) is 93.7 cm³/mol. The number of aliphatic hydroxyl groups excluding tert-OH is 1. The van der Waals surface area contributed by atoms with Crippen molar-refractivity contribution in [2.75, 3.05) is 24.6 Å². The van der Waals surface area contributed by atoms with Gasteiger partial charge in [0.1, 0.15) is 0 Å². The third kappa shape index (κ3) is 5.75. The maximum Gasteiger partial charge on any atom is 0.315 e. The number of aliphatic hydroxyl groups is 1. The molecule has 3 N–H and O–H groups in total. The summed E-state index contributed by atoms with van der Waals surface area (Å²) in [5.41, 5.74) is 1.24. The van der Waals surface area contributed by atoms with Crippen molar-refractivity contribution in [3.05, 3.63) is 30.3 Å². The second-order valence-corrected chi connectivity index (χ2v) is 6.72. The fourth-order valence-corrected chi connectivity index (χ4v) is 3.08. The highest BCUT2D eigenvalue weighted by Crippen LogP contribution is 2.19. The highest BCUT2D eigenvalue weighted by Gasteiger charge is 2.22. The molecule has 1 aromatic carbocycles. The summed E-state index contributed by atoms with van der Waals surface area (Å²) in [4.78, 5) is 14.4. The summed E-state index contributed by atoms with van der Waals surface area (Å²) in [6, 6.07) is 10.2. The van der Waals surface area contributed by atoms with E-state index in [0.29, 0.717) is 5.92 Å². The first-order valence-corrected chi connectivity index (χ1v) is 8.56. The van der Waals surface area contributed by atoms with Gasteiger partial charge in [0, 0.05) is 24.8 Å². The van der Waals surface area contributed by atoms with Crippen LogP contribution in [-0.2, 0) is 0 Å². The number of nitrogens with zero attached hydrogens (tertiary/aromatic N) is 1. The number of hydrogen-bond donors (Lipinski definition) is 3. The van der Waals surface area contributed by atoms with Gasteiger partial charge in [0.2, 0.25) is 0 Å². The van der Waals surface area contributed by atoms with Crippen LogP contribution in [0.5, 0.6) is 0 Å². The van der Waals surface area contributed by atoms with E-state index in [2.05, 4.69) is 53.6 Å². The Bertz CT molecular complexity index is 470. The average molecular weight is 319 g/mol. The van der Waals surface area contributed by atoms with Crippen molar-refractivity contribution in [3.63, 3.8) is 0 Å². The zero-order valence-electron chi connectivity index (χ0n) is 14.2. The molecule has 0 saturated carbocycles. The summed E-state index contributed by atoms with van der Waals surface area (Å²) < 4.78 is 0. The quantitative estimate of drug-likeness (QED) is 0.754. The standard InChI is InChI=1S/C18H29N3O2/c1-14(2)12-16(13-22)20-18(23)19-15-8-10-21(11-9-15)17-6-4-3-5-7-17/h3-7,14-16,22H,8-13H2,1-2H3,(H2,19,20,23). The van der Waals surface area contributed by atoms with E-state index in [1.165, 1.54) is 5.69 Å². The van der Waals surface area contributed by atoms with Crippen molar-refractivity contribution < 1.29 is 9.90 Å². The maximum atomic E-state index is 12.1. The van der Waals surface area contributed by atoms with Crippen LogP contribution in [0, 0.1) is 5.92 Å². The number of carbonyl (C=O) groups excluding carboxylic acids is 1. The lowest BCUT2D eigenvalue weighted by molar-refractivity contribution is 0.203. The monoisotopic (exact) mass is 319 g/mol. The minimum absolute atomic E-state index is 0.0158. The number of rotatable bonds is 6. The first-order valence-electron chi connectivity index (χ1n) is 8.56. The first-order chi connectivity index (χ1) is 11.1. The topological polar surface area (TPSA) is 64.6 Å². The summed E-state index contributed by atoms with van der Waals surface area (Å²) in [7, 11) is 0. The highest BCUT2D eigenvalue weighted by atomic mass is 16.3. The van der Waals surface area contributed by atoms with Gasteiger partial charge in [-0.1, -0.05) is 32.0 Å². The molecule has 128 valence electrons. The van der Waals surface area contributed by atoms with Crippen LogP contribution in [-0.4, -0.2) is 42.9 Å². The van der Waals surface area contributed by atoms with Crippen molar-refractivity contribution >= 4 is 11.7 Å². The number of hydrogen-bond acceptors (Lipinski definition) is 3. The van der Waals surface area contributed by atoms with Crippen LogP contribution in [0.2, 0.25) is 0 Å². The zero-order valence-corrected chi connectivity index (χ0v) is 14.2. The maximum absolute atomic E-state index is 12.1. The van der Waals surface area contributed by atoms with Crippen LogP contribution in [0.1, 0.15) is 33.1 Å². The van der Waals surface area contributed by atoms with Gasteiger partial charge in [0.05, 0.1) is 12.6 Å². The molecule has 1 aliphatic rings. The summed E-state index contributed by atoms with van der Waals surface area (Å²) >= 11 is 0. The molecule has 5 nitrogen and oxygen atoms in total. The van der Waals surface area contributed by atoms with Crippen molar-refractivity contribution in [2.45, 2.75) is 45.2 Å². The van der Waals surface area contributed by atoms with Crippen molar-refractivity contribution in [3.8, 4) is 0 Å². The van der Waals surface area contributed by atoms with Crippen LogP contribution in [0.15, 0.2) is 30.3 Å². The summed E-state index contributed by atoms with van der Waals surface area (Å²) in [6.07, 6.45) is 2.67. The van der Waals surface area contributed by atoms with Gasteiger partial charge in [-0.05, 0) is 37.3 Å². The molecule has 1 unspecified atom stereocenters. The molecule has 5 heteroatoms. The Hall–Kier alpha value is -1.75. The minimum atomic E-state index is -0.167. The third-order valence-corrected chi connectivity index (χ3v) is 4.26. The molecule has 2 rings (SSSR count). The highest BCUT2D eigenvalue weighted by molar-refractivity contribution is 5.74. The number of urea groups is 1. The molecule has 1 aromatic rings. The largest absolute Gasteiger partial charge is 0.394 e. The third-order valence-electron chi connectivity index (χ3n) is 4.26. The molecule has 1 aliphatic heterocycles. The lowest BCUT2D eigenvalue weighted by Crippen LogP contribution is -2.51. The molecule has 1 fully saturated rings. The summed E-state index contributed by atoms with van der Waals surface area (Å²) in [5.74, 6) is 0.446. The molecular weight excluding hydrogens is 290 g/mol. The van der Waals surface area contributed by atoms with Gasteiger partial charge >= 0.3 is 6.03 Å². The molecule has 23 heavy (non-hydrogen) atoms. The lowest BCUT2D eigenvalue weighted by Gasteiger charge is -2.34. The van der Waals surface area contributed by atoms with E-state index in [1.807, 2.05) is 6.07 Å². The van der Waals surface area contributed by atoms with E-state index < -0.39 is 0 Å². The van der Waals surface area contributed by atoms with Crippen LogP contribution in [0.25, 0.3) is 0 Å². The fraction of sp³-hybridized carbons (Fsp3) is 0.611. The lowest BCUT2D eigenvalue weighted by atomic mass is 10.0. The van der Waals surface area contributed by atoms with E-state index in [0.717, 1.165) is 32.4 Å². The molecule has 2 amide bonds. The van der Waals surface area contributed by atoms with Gasteiger partial charge in [0.25, 0.3) is 0 Å². The molecule has 0 aromatic heterocycles. The van der Waals surface area contributed by atoms with Gasteiger partial charge in [0.15, 0.2) is 0 Å². The summed E-state index contributed by atoms with van der Waals surface area (Å²) in [5, 5.41) is 15.3. The molecule has 1 heterocycles. The molecule has 0 radical (unpaired) electrons. The number of piperidine rings is 1. The Morgan fingerprint density at radius 2 is 1.91 bits per heavy atom. The Kier molecular flexibility index (Phi) is 6.71. The molecule has 0 aliphatic carbocycles. The molecule has 0 spiro atoms. The van der Waals surface area contributed by atoms with Crippen molar-refractivity contribution in [1.82, 2.24) is 10.6 Å². The molecular formula is C18H29N3O2. The second-order valence-electron chi connectivity index (χ2n) is 6.72. The normalized spacial score (nSPS) is 17.1. The van der Waals surface area contributed by atoms with Gasteiger partial charge in [-0.25, -0.2) is 4.79 Å². The minimum Gasteiger partial charge on any atom is -0.394 e. The second kappa shape index (κ2) is 8.77. The van der Waals surface area contributed by atoms with Gasteiger partial charge in [-0.2, -0.15) is 0 Å². The van der Waals surface area contributed by atoms with E-state index in [-0.39, 0.29) is 24.7 Å². The zero-order chi connectivity index (χ0) is 16.7. The van der Waals surface area contributed by atoms with E-state index in [9.17, 15) is 9.90 Å². The van der Waals surface area contributed by atoms with E-state index >= 15 is 0 Å². The van der Waals surface area contributed by atoms with Crippen LogP contribution in [0.3, 0.4) is 0 Å². The molecule has 1 atom stereocenters. The Morgan fingerprint density at radius 3 is 2.48 bits per heavy atom. The number of benzene rings is 1. The van der Waals surface area contributed by atoms with Crippen molar-refractivity contribution in [2.24, 2.45) is 5.92 Å². The first kappa shape index (κ1) is 17.6. The number of para-hydroxylation sites is 1. The van der Waals surface area contributed by atoms with Crippen LogP contribution in [0.4, 0.5) is 10.5 Å². The summed E-state index contributed by atoms with van der Waals surface area (Å²) in [6.45, 7) is 6.05. The fourth-order valence-electron chi connectivity index (χ4n) is 3.08. The Balaban J connectivity index is 1.74. The molecule has 0 bridgehead atoms. The number of anilines is 1.